The SMILES string of the molecule is CCCNC(=O)COC(=O)COc1ccc2c(C)cc(=O)oc2c1. The highest BCUT2D eigenvalue weighted by atomic mass is 16.6. The summed E-state index contributed by atoms with van der Waals surface area (Å²) in [6.45, 7) is 3.58. The molecule has 0 saturated heterocycles. The molecular weight excluding hydrogens is 314 g/mol. The topological polar surface area (TPSA) is 94.8 Å². The first-order valence-electron chi connectivity index (χ1n) is 7.59. The van der Waals surface area contributed by atoms with Gasteiger partial charge >= 0.3 is 11.6 Å². The molecular formula is C17H19NO6. The Bertz CT molecular complexity index is 795. The van der Waals surface area contributed by atoms with Crippen molar-refractivity contribution in [1.29, 1.82) is 0 Å². The molecule has 128 valence electrons. The van der Waals surface area contributed by atoms with Gasteiger partial charge in [-0.05, 0) is 31.0 Å². The Morgan fingerprint density at radius 2 is 2.00 bits per heavy atom. The minimum absolute atomic E-state index is 0.339. The van der Waals surface area contributed by atoms with Crippen LogP contribution in [0.3, 0.4) is 0 Å². The minimum atomic E-state index is -0.660. The van der Waals surface area contributed by atoms with Crippen LogP contribution in [-0.4, -0.2) is 31.6 Å². The molecule has 0 aliphatic heterocycles. The third kappa shape index (κ3) is 4.84. The molecule has 0 bridgehead atoms. The highest BCUT2D eigenvalue weighted by Crippen LogP contribution is 2.22. The van der Waals surface area contributed by atoms with Gasteiger partial charge < -0.3 is 19.2 Å². The molecule has 0 aliphatic carbocycles. The minimum Gasteiger partial charge on any atom is -0.482 e. The Morgan fingerprint density at radius 1 is 1.21 bits per heavy atom. The van der Waals surface area contributed by atoms with Crippen molar-refractivity contribution in [3.63, 3.8) is 0 Å². The lowest BCUT2D eigenvalue weighted by atomic mass is 10.1. The van der Waals surface area contributed by atoms with E-state index in [0.29, 0.717) is 17.9 Å². The quantitative estimate of drug-likeness (QED) is 0.610. The summed E-state index contributed by atoms with van der Waals surface area (Å²) in [5, 5.41) is 3.38. The Balaban J connectivity index is 1.90. The van der Waals surface area contributed by atoms with Crippen LogP contribution in [0.5, 0.6) is 5.75 Å². The van der Waals surface area contributed by atoms with Gasteiger partial charge in [-0.3, -0.25) is 4.79 Å². The first kappa shape index (κ1) is 17.5. The maximum atomic E-state index is 11.6. The number of carbonyl (C=O) groups is 2. The monoisotopic (exact) mass is 333 g/mol. The molecule has 1 N–H and O–H groups in total. The zero-order valence-electron chi connectivity index (χ0n) is 13.6. The third-order valence-corrected chi connectivity index (χ3v) is 3.22. The summed E-state index contributed by atoms with van der Waals surface area (Å²) >= 11 is 0. The van der Waals surface area contributed by atoms with Gasteiger partial charge in [-0.25, -0.2) is 9.59 Å². The summed E-state index contributed by atoms with van der Waals surface area (Å²) in [5.74, 6) is -0.649. The summed E-state index contributed by atoms with van der Waals surface area (Å²) in [4.78, 5) is 34.3. The van der Waals surface area contributed by atoms with E-state index in [4.69, 9.17) is 13.9 Å². The van der Waals surface area contributed by atoms with E-state index in [2.05, 4.69) is 5.32 Å². The molecule has 0 saturated carbocycles. The van der Waals surface area contributed by atoms with Gasteiger partial charge in [-0.1, -0.05) is 6.92 Å². The molecule has 24 heavy (non-hydrogen) atoms. The van der Waals surface area contributed by atoms with Gasteiger partial charge in [0.1, 0.15) is 11.3 Å². The van der Waals surface area contributed by atoms with Crippen LogP contribution >= 0.6 is 0 Å². The summed E-state index contributed by atoms with van der Waals surface area (Å²) in [6, 6.07) is 6.35. The number of aryl methyl sites for hydroxylation is 1. The Morgan fingerprint density at radius 3 is 2.75 bits per heavy atom. The molecule has 0 spiro atoms. The van der Waals surface area contributed by atoms with Gasteiger partial charge in [0.05, 0.1) is 0 Å². The number of rotatable bonds is 7. The standard InChI is InChI=1S/C17H19NO6/c1-3-6-18-15(19)9-23-17(21)10-22-12-4-5-13-11(2)7-16(20)24-14(13)8-12/h4-5,7-8H,3,6,9-10H2,1-2H3,(H,18,19). The molecule has 1 aromatic carbocycles. The fraction of sp³-hybridized carbons (Fsp3) is 0.353. The maximum Gasteiger partial charge on any atom is 0.344 e. The molecule has 2 rings (SSSR count). The lowest BCUT2D eigenvalue weighted by Gasteiger charge is -2.08. The van der Waals surface area contributed by atoms with E-state index in [1.54, 1.807) is 19.1 Å². The number of ether oxygens (including phenoxy) is 2. The zero-order valence-corrected chi connectivity index (χ0v) is 13.6. The van der Waals surface area contributed by atoms with Gasteiger partial charge in [0.15, 0.2) is 13.2 Å². The van der Waals surface area contributed by atoms with Crippen LogP contribution in [0.1, 0.15) is 18.9 Å². The smallest absolute Gasteiger partial charge is 0.344 e. The Hall–Kier alpha value is -2.83. The highest BCUT2D eigenvalue weighted by Gasteiger charge is 2.09. The molecule has 1 aromatic heterocycles. The number of amides is 1. The van der Waals surface area contributed by atoms with E-state index in [9.17, 15) is 14.4 Å². The van der Waals surface area contributed by atoms with E-state index < -0.39 is 11.6 Å². The van der Waals surface area contributed by atoms with E-state index in [0.717, 1.165) is 17.4 Å². The number of carbonyl (C=O) groups excluding carboxylic acids is 2. The van der Waals surface area contributed by atoms with Crippen molar-refractivity contribution in [2.75, 3.05) is 19.8 Å². The number of fused-ring (bicyclic) bond motifs is 1. The van der Waals surface area contributed by atoms with Crippen molar-refractivity contribution in [3.8, 4) is 5.75 Å². The number of benzene rings is 1. The van der Waals surface area contributed by atoms with Crippen LogP contribution < -0.4 is 15.7 Å². The van der Waals surface area contributed by atoms with Crippen molar-refractivity contribution in [3.05, 3.63) is 40.2 Å². The van der Waals surface area contributed by atoms with Crippen LogP contribution in [0.2, 0.25) is 0 Å². The largest absolute Gasteiger partial charge is 0.482 e. The lowest BCUT2D eigenvalue weighted by Crippen LogP contribution is -2.30. The summed E-state index contributed by atoms with van der Waals surface area (Å²) in [7, 11) is 0. The second-order valence-electron chi connectivity index (χ2n) is 5.21. The Labute approximate surface area is 138 Å². The molecule has 0 atom stereocenters. The molecule has 0 radical (unpaired) electrons. The molecule has 2 aromatic rings. The molecule has 1 heterocycles. The molecule has 7 heteroatoms. The van der Waals surface area contributed by atoms with E-state index in [1.807, 2.05) is 6.92 Å². The van der Waals surface area contributed by atoms with Crippen LogP contribution in [0.4, 0.5) is 0 Å². The average molecular weight is 333 g/mol. The summed E-state index contributed by atoms with van der Waals surface area (Å²) in [5.41, 5.74) is 0.727. The van der Waals surface area contributed by atoms with Crippen molar-refractivity contribution >= 4 is 22.8 Å². The predicted octanol–water partition coefficient (Wildman–Crippen LogP) is 1.55. The number of esters is 1. The van der Waals surface area contributed by atoms with Crippen LogP contribution in [-0.2, 0) is 14.3 Å². The fourth-order valence-electron chi connectivity index (χ4n) is 2.04. The Kier molecular flexibility index (Phi) is 5.95. The second kappa shape index (κ2) is 8.14. The van der Waals surface area contributed by atoms with Crippen LogP contribution in [0.25, 0.3) is 11.0 Å². The third-order valence-electron chi connectivity index (χ3n) is 3.22. The van der Waals surface area contributed by atoms with Gasteiger partial charge in [-0.15, -0.1) is 0 Å². The van der Waals surface area contributed by atoms with Crippen molar-refractivity contribution in [2.45, 2.75) is 20.3 Å². The van der Waals surface area contributed by atoms with Gasteiger partial charge in [0.2, 0.25) is 0 Å². The predicted molar refractivity (Wildman–Crippen MR) is 87.0 cm³/mol. The summed E-state index contributed by atoms with van der Waals surface area (Å²) in [6.07, 6.45) is 0.806. The first-order valence-corrected chi connectivity index (χ1v) is 7.59. The lowest BCUT2D eigenvalue weighted by molar-refractivity contribution is -0.150. The van der Waals surface area contributed by atoms with E-state index >= 15 is 0 Å². The first-order chi connectivity index (χ1) is 11.5. The van der Waals surface area contributed by atoms with Gasteiger partial charge in [0.25, 0.3) is 5.91 Å². The number of hydrogen-bond acceptors (Lipinski definition) is 6. The van der Waals surface area contributed by atoms with Crippen LogP contribution in [0, 0.1) is 6.92 Å². The molecule has 7 nitrogen and oxygen atoms in total. The van der Waals surface area contributed by atoms with Gasteiger partial charge in [0, 0.05) is 24.1 Å². The molecule has 0 aliphatic rings. The van der Waals surface area contributed by atoms with E-state index in [-0.39, 0.29) is 19.1 Å². The molecule has 0 fully saturated rings. The van der Waals surface area contributed by atoms with Crippen molar-refractivity contribution < 1.29 is 23.5 Å². The normalized spacial score (nSPS) is 10.4. The second-order valence-corrected chi connectivity index (χ2v) is 5.21. The maximum absolute atomic E-state index is 11.6. The average Bonchev–Trinajstić information content (AvgIpc) is 2.55. The fourth-order valence-corrected chi connectivity index (χ4v) is 2.04. The van der Waals surface area contributed by atoms with Crippen LogP contribution in [0.15, 0.2) is 33.5 Å². The molecule has 0 unspecified atom stereocenters. The van der Waals surface area contributed by atoms with Crippen molar-refractivity contribution in [1.82, 2.24) is 5.32 Å². The zero-order chi connectivity index (χ0) is 17.5. The number of nitrogens with one attached hydrogen (secondary N) is 1. The van der Waals surface area contributed by atoms with Gasteiger partial charge in [-0.2, -0.15) is 0 Å². The van der Waals surface area contributed by atoms with Crippen molar-refractivity contribution in [2.24, 2.45) is 0 Å². The van der Waals surface area contributed by atoms with E-state index in [1.165, 1.54) is 12.1 Å². The summed E-state index contributed by atoms with van der Waals surface area (Å²) < 4.78 is 15.2. The number of hydrogen-bond donors (Lipinski definition) is 1. The highest BCUT2D eigenvalue weighted by molar-refractivity contribution is 5.82. The molecule has 1 amide bonds.